The van der Waals surface area contributed by atoms with Gasteiger partial charge in [0.05, 0.1) is 26.4 Å². The molecule has 1 atom stereocenters. The van der Waals surface area contributed by atoms with E-state index in [4.69, 9.17) is 14.2 Å². The van der Waals surface area contributed by atoms with E-state index in [0.717, 1.165) is 24.2 Å². The summed E-state index contributed by atoms with van der Waals surface area (Å²) in [5, 5.41) is 3.10. The number of carbonyl (C=O) groups excluding carboxylic acids is 1. The van der Waals surface area contributed by atoms with Gasteiger partial charge in [-0.3, -0.25) is 4.79 Å². The van der Waals surface area contributed by atoms with Crippen LogP contribution in [0.3, 0.4) is 0 Å². The SMILES string of the molecule is COc1cc(C(=O)N[C@H]2CCOc3ccccc32)ccc1OCCC(C)C. The van der Waals surface area contributed by atoms with E-state index < -0.39 is 0 Å². The number of fused-ring (bicyclic) bond motifs is 1. The summed E-state index contributed by atoms with van der Waals surface area (Å²) in [6, 6.07) is 13.1. The Morgan fingerprint density at radius 3 is 2.81 bits per heavy atom. The van der Waals surface area contributed by atoms with Crippen LogP contribution in [0.2, 0.25) is 0 Å². The van der Waals surface area contributed by atoms with Crippen molar-refractivity contribution in [2.24, 2.45) is 5.92 Å². The fourth-order valence-electron chi connectivity index (χ4n) is 3.07. The number of carbonyl (C=O) groups is 1. The van der Waals surface area contributed by atoms with Crippen molar-refractivity contribution < 1.29 is 19.0 Å². The quantitative estimate of drug-likeness (QED) is 0.787. The highest BCUT2D eigenvalue weighted by molar-refractivity contribution is 5.95. The Bertz CT molecular complexity index is 788. The molecule has 3 rings (SSSR count). The lowest BCUT2D eigenvalue weighted by molar-refractivity contribution is 0.0924. The zero-order valence-corrected chi connectivity index (χ0v) is 16.2. The van der Waals surface area contributed by atoms with Crippen LogP contribution in [-0.4, -0.2) is 26.2 Å². The first-order valence-corrected chi connectivity index (χ1v) is 9.42. The second kappa shape index (κ2) is 8.80. The molecule has 0 saturated carbocycles. The molecule has 0 radical (unpaired) electrons. The summed E-state index contributed by atoms with van der Waals surface area (Å²) < 4.78 is 16.9. The molecule has 2 aromatic rings. The smallest absolute Gasteiger partial charge is 0.251 e. The first-order chi connectivity index (χ1) is 13.1. The van der Waals surface area contributed by atoms with Crippen molar-refractivity contribution >= 4 is 5.91 Å². The van der Waals surface area contributed by atoms with Crippen LogP contribution in [0.15, 0.2) is 42.5 Å². The van der Waals surface area contributed by atoms with Crippen molar-refractivity contribution in [1.82, 2.24) is 5.32 Å². The van der Waals surface area contributed by atoms with E-state index in [9.17, 15) is 4.79 Å². The third-order valence-corrected chi connectivity index (χ3v) is 4.64. The van der Waals surface area contributed by atoms with Gasteiger partial charge in [-0.15, -0.1) is 0 Å². The Balaban J connectivity index is 1.70. The minimum Gasteiger partial charge on any atom is -0.493 e. The normalized spacial score (nSPS) is 15.6. The fraction of sp³-hybridized carbons (Fsp3) is 0.409. The van der Waals surface area contributed by atoms with E-state index in [-0.39, 0.29) is 11.9 Å². The van der Waals surface area contributed by atoms with E-state index >= 15 is 0 Å². The number of benzene rings is 2. The molecule has 1 aliphatic rings. The molecule has 27 heavy (non-hydrogen) atoms. The van der Waals surface area contributed by atoms with Gasteiger partial charge in [-0.05, 0) is 36.6 Å². The Morgan fingerprint density at radius 2 is 2.04 bits per heavy atom. The molecule has 0 spiro atoms. The molecule has 2 aromatic carbocycles. The lowest BCUT2D eigenvalue weighted by atomic mass is 10.00. The topological polar surface area (TPSA) is 56.8 Å². The van der Waals surface area contributed by atoms with Crippen LogP contribution in [0.1, 0.15) is 48.7 Å². The fourth-order valence-corrected chi connectivity index (χ4v) is 3.07. The van der Waals surface area contributed by atoms with Crippen molar-refractivity contribution in [3.05, 3.63) is 53.6 Å². The van der Waals surface area contributed by atoms with Gasteiger partial charge in [0.25, 0.3) is 5.91 Å². The van der Waals surface area contributed by atoms with Crippen molar-refractivity contribution in [3.8, 4) is 17.2 Å². The number of hydrogen-bond acceptors (Lipinski definition) is 4. The van der Waals surface area contributed by atoms with Gasteiger partial charge in [0.2, 0.25) is 0 Å². The summed E-state index contributed by atoms with van der Waals surface area (Å²) in [7, 11) is 1.58. The lowest BCUT2D eigenvalue weighted by Crippen LogP contribution is -2.32. The van der Waals surface area contributed by atoms with E-state index in [1.165, 1.54) is 0 Å². The van der Waals surface area contributed by atoms with Crippen LogP contribution in [0.25, 0.3) is 0 Å². The zero-order valence-electron chi connectivity index (χ0n) is 16.2. The molecule has 0 fully saturated rings. The number of hydrogen-bond donors (Lipinski definition) is 1. The van der Waals surface area contributed by atoms with Gasteiger partial charge in [-0.2, -0.15) is 0 Å². The summed E-state index contributed by atoms with van der Waals surface area (Å²) in [5.41, 5.74) is 1.56. The monoisotopic (exact) mass is 369 g/mol. The molecule has 0 saturated heterocycles. The molecule has 144 valence electrons. The van der Waals surface area contributed by atoms with E-state index in [1.54, 1.807) is 25.3 Å². The number of ether oxygens (including phenoxy) is 3. The van der Waals surface area contributed by atoms with Crippen LogP contribution >= 0.6 is 0 Å². The van der Waals surface area contributed by atoms with Crippen LogP contribution in [0, 0.1) is 5.92 Å². The molecule has 0 bridgehead atoms. The van der Waals surface area contributed by atoms with E-state index in [1.807, 2.05) is 24.3 Å². The number of nitrogens with one attached hydrogen (secondary N) is 1. The molecule has 1 amide bonds. The minimum atomic E-state index is -0.135. The summed E-state index contributed by atoms with van der Waals surface area (Å²) in [5.74, 6) is 2.50. The Kier molecular flexibility index (Phi) is 6.22. The Labute approximate surface area is 160 Å². The lowest BCUT2D eigenvalue weighted by Gasteiger charge is -2.26. The van der Waals surface area contributed by atoms with Gasteiger partial charge in [-0.1, -0.05) is 32.0 Å². The zero-order chi connectivity index (χ0) is 19.2. The third-order valence-electron chi connectivity index (χ3n) is 4.64. The highest BCUT2D eigenvalue weighted by atomic mass is 16.5. The molecular formula is C22H27NO4. The first kappa shape index (κ1) is 19.1. The maximum absolute atomic E-state index is 12.8. The second-order valence-electron chi connectivity index (χ2n) is 7.10. The van der Waals surface area contributed by atoms with Gasteiger partial charge in [-0.25, -0.2) is 0 Å². The first-order valence-electron chi connectivity index (χ1n) is 9.42. The number of methoxy groups -OCH3 is 1. The number of rotatable bonds is 7. The van der Waals surface area contributed by atoms with Crippen LogP contribution in [0.4, 0.5) is 0 Å². The van der Waals surface area contributed by atoms with Gasteiger partial charge in [0.1, 0.15) is 5.75 Å². The molecule has 0 aromatic heterocycles. The second-order valence-corrected chi connectivity index (χ2v) is 7.10. The van der Waals surface area contributed by atoms with E-state index in [0.29, 0.717) is 36.2 Å². The van der Waals surface area contributed by atoms with Gasteiger partial charge in [0, 0.05) is 17.5 Å². The molecule has 1 aliphatic heterocycles. The number of para-hydroxylation sites is 1. The minimum absolute atomic E-state index is 0.0598. The Morgan fingerprint density at radius 1 is 1.22 bits per heavy atom. The summed E-state index contributed by atoms with van der Waals surface area (Å²) in [6.07, 6.45) is 1.71. The molecular weight excluding hydrogens is 342 g/mol. The maximum atomic E-state index is 12.8. The average molecular weight is 369 g/mol. The molecule has 0 unspecified atom stereocenters. The van der Waals surface area contributed by atoms with Crippen LogP contribution in [0.5, 0.6) is 17.2 Å². The summed E-state index contributed by atoms with van der Waals surface area (Å²) in [6.45, 7) is 5.53. The van der Waals surface area contributed by atoms with Crippen molar-refractivity contribution in [2.45, 2.75) is 32.7 Å². The largest absolute Gasteiger partial charge is 0.493 e. The third kappa shape index (κ3) is 4.73. The van der Waals surface area contributed by atoms with Gasteiger partial charge in [0.15, 0.2) is 11.5 Å². The Hall–Kier alpha value is -2.69. The van der Waals surface area contributed by atoms with Gasteiger partial charge < -0.3 is 19.5 Å². The van der Waals surface area contributed by atoms with Gasteiger partial charge >= 0.3 is 0 Å². The van der Waals surface area contributed by atoms with Crippen LogP contribution < -0.4 is 19.5 Å². The van der Waals surface area contributed by atoms with Crippen molar-refractivity contribution in [3.63, 3.8) is 0 Å². The predicted octanol–water partition coefficient (Wildman–Crippen LogP) is 4.37. The molecule has 1 N–H and O–H groups in total. The standard InChI is InChI=1S/C22H27NO4/c1-15(2)10-12-27-20-9-8-16(14-21(20)25-3)22(24)23-18-11-13-26-19-7-5-4-6-17(18)19/h4-9,14-15,18H,10-13H2,1-3H3,(H,23,24)/t18-/m0/s1. The summed E-state index contributed by atoms with van der Waals surface area (Å²) >= 11 is 0. The number of amides is 1. The van der Waals surface area contributed by atoms with Crippen LogP contribution in [-0.2, 0) is 0 Å². The molecule has 1 heterocycles. The van der Waals surface area contributed by atoms with Crippen molar-refractivity contribution in [1.29, 1.82) is 0 Å². The predicted molar refractivity (Wildman–Crippen MR) is 105 cm³/mol. The highest BCUT2D eigenvalue weighted by Crippen LogP contribution is 2.32. The van der Waals surface area contributed by atoms with E-state index in [2.05, 4.69) is 19.2 Å². The average Bonchev–Trinajstić information content (AvgIpc) is 2.68. The highest BCUT2D eigenvalue weighted by Gasteiger charge is 2.23. The molecule has 5 heteroatoms. The maximum Gasteiger partial charge on any atom is 0.251 e. The van der Waals surface area contributed by atoms with Crippen molar-refractivity contribution in [2.75, 3.05) is 20.3 Å². The molecule has 5 nitrogen and oxygen atoms in total. The molecule has 0 aliphatic carbocycles. The summed E-state index contributed by atoms with van der Waals surface area (Å²) in [4.78, 5) is 12.8.